The van der Waals surface area contributed by atoms with Crippen LogP contribution in [0.15, 0.2) is 52.3 Å². The fourth-order valence-corrected chi connectivity index (χ4v) is 7.90. The van der Waals surface area contributed by atoms with Gasteiger partial charge >= 0.3 is 5.76 Å². The van der Waals surface area contributed by atoms with E-state index in [0.29, 0.717) is 43.0 Å². The summed E-state index contributed by atoms with van der Waals surface area (Å²) in [6.45, 7) is 10.4. The predicted molar refractivity (Wildman–Crippen MR) is 198 cm³/mol. The second kappa shape index (κ2) is 16.6. The number of nitriles is 1. The molecule has 5 rings (SSSR count). The predicted octanol–water partition coefficient (Wildman–Crippen LogP) is 5.14. The number of fused-ring (bicyclic) bond motifs is 2. The van der Waals surface area contributed by atoms with Gasteiger partial charge in [-0.1, -0.05) is 64.3 Å². The third-order valence-corrected chi connectivity index (χ3v) is 10.9. The molecule has 1 heterocycles. The van der Waals surface area contributed by atoms with Gasteiger partial charge in [-0.05, 0) is 97.4 Å². The van der Waals surface area contributed by atoms with Gasteiger partial charge in [-0.25, -0.2) is 4.79 Å². The first-order chi connectivity index (χ1) is 24.5. The van der Waals surface area contributed by atoms with Gasteiger partial charge in [0.2, 0.25) is 5.91 Å². The van der Waals surface area contributed by atoms with Crippen molar-refractivity contribution in [1.82, 2.24) is 31.0 Å². The number of carbonyl (C=O) groups is 2. The summed E-state index contributed by atoms with van der Waals surface area (Å²) in [5.41, 5.74) is 5.33. The molecule has 2 aromatic carbocycles. The van der Waals surface area contributed by atoms with Crippen molar-refractivity contribution < 1.29 is 14.1 Å². The second-order valence-electron chi connectivity index (χ2n) is 14.4. The van der Waals surface area contributed by atoms with E-state index in [4.69, 9.17) is 9.51 Å². The Bertz CT molecular complexity index is 1760. The second-order valence-corrected chi connectivity index (χ2v) is 14.4. The Balaban J connectivity index is 1.66. The van der Waals surface area contributed by atoms with Crippen molar-refractivity contribution >= 4 is 17.5 Å². The quantitative estimate of drug-likeness (QED) is 0.181. The summed E-state index contributed by atoms with van der Waals surface area (Å²) in [5, 5.41) is 21.9. The Hall–Kier alpha value is -4.69. The molecule has 11 nitrogen and oxygen atoms in total. The van der Waals surface area contributed by atoms with Gasteiger partial charge in [0.1, 0.15) is 6.04 Å². The highest BCUT2D eigenvalue weighted by molar-refractivity contribution is 5.94. The van der Waals surface area contributed by atoms with Gasteiger partial charge in [0, 0.05) is 31.4 Å². The molecule has 3 aromatic rings. The number of aryl methyl sites for hydroxylation is 2. The van der Waals surface area contributed by atoms with Crippen molar-refractivity contribution in [1.29, 1.82) is 5.26 Å². The monoisotopic (exact) mass is 695 g/mol. The van der Waals surface area contributed by atoms with Crippen LogP contribution in [0.5, 0.6) is 0 Å². The number of nitrogens with one attached hydrogen (secondary N) is 4. The fraction of sp³-hybridized carbons (Fsp3) is 0.525. The minimum absolute atomic E-state index is 0.0143. The zero-order valence-electron chi connectivity index (χ0n) is 30.7. The van der Waals surface area contributed by atoms with Crippen LogP contribution >= 0.6 is 0 Å². The SMILES string of the molecule is C=C(NC)c1ccc2c(c1)CCc1cc(C(=O)NC)ccc1C2(C[C@@H](C)NCC(=O)NC(C#N)C[C@@H](C)CC)c1nc(=O)on1C1CCCCC1. The van der Waals surface area contributed by atoms with Crippen LogP contribution in [0.2, 0.25) is 0 Å². The maximum atomic E-state index is 13.3. The number of amides is 2. The molecule has 0 aliphatic heterocycles. The summed E-state index contributed by atoms with van der Waals surface area (Å²) >= 11 is 0. The van der Waals surface area contributed by atoms with E-state index in [2.05, 4.69) is 59.9 Å². The standard InChI is InChI=1S/C40H53N7O4/c1-7-25(2)19-32(23-41)45-36(48)24-44-26(3)22-40(38-46-39(50)51-47(38)33-11-9-8-10-12-33)34-17-15-28(27(4)42-5)20-29(34)13-14-30-21-31(37(49)43-6)16-18-35(30)40/h15-18,20-21,25-26,32-33,42,44H,4,7-14,19,22,24H2,1-3,5-6H3,(H,43,49)(H,45,48)/t25-,26+,32?,40?/m0/s1. The molecule has 0 radical (unpaired) electrons. The molecule has 1 fully saturated rings. The molecule has 11 heteroatoms. The lowest BCUT2D eigenvalue weighted by atomic mass is 9.67. The third-order valence-electron chi connectivity index (χ3n) is 10.9. The maximum Gasteiger partial charge on any atom is 0.459 e. The van der Waals surface area contributed by atoms with Crippen LogP contribution in [-0.2, 0) is 23.1 Å². The molecule has 0 bridgehead atoms. The highest BCUT2D eigenvalue weighted by Crippen LogP contribution is 2.49. The van der Waals surface area contributed by atoms with Crippen molar-refractivity contribution in [3.63, 3.8) is 0 Å². The molecular weight excluding hydrogens is 642 g/mol. The first-order valence-electron chi connectivity index (χ1n) is 18.4. The highest BCUT2D eigenvalue weighted by atomic mass is 16.5. The van der Waals surface area contributed by atoms with Gasteiger partial charge in [0.25, 0.3) is 5.91 Å². The van der Waals surface area contributed by atoms with E-state index in [1.165, 1.54) is 0 Å². The highest BCUT2D eigenvalue weighted by Gasteiger charge is 2.47. The first kappa shape index (κ1) is 37.6. The molecule has 272 valence electrons. The van der Waals surface area contributed by atoms with Crippen LogP contribution in [0.1, 0.15) is 122 Å². The number of nitrogens with zero attached hydrogens (tertiary/aromatic N) is 3. The van der Waals surface area contributed by atoms with Gasteiger partial charge in [-0.15, -0.1) is 0 Å². The van der Waals surface area contributed by atoms with Gasteiger partial charge in [0.15, 0.2) is 5.82 Å². The summed E-state index contributed by atoms with van der Waals surface area (Å²) in [7, 11) is 3.47. The largest absolute Gasteiger partial charge is 0.459 e. The van der Waals surface area contributed by atoms with Gasteiger partial charge in [0.05, 0.1) is 24.1 Å². The Kier molecular flexibility index (Phi) is 12.2. The normalized spacial score (nSPS) is 19.0. The average Bonchev–Trinajstić information content (AvgIpc) is 3.50. The molecule has 4 atom stereocenters. The van der Waals surface area contributed by atoms with E-state index >= 15 is 0 Å². The average molecular weight is 696 g/mol. The minimum Gasteiger partial charge on any atom is -0.388 e. The first-order valence-corrected chi connectivity index (χ1v) is 18.4. The molecule has 1 aromatic heterocycles. The molecule has 0 spiro atoms. The molecule has 2 aliphatic rings. The summed E-state index contributed by atoms with van der Waals surface area (Å²) in [6.07, 6.45) is 8.25. The number of aromatic nitrogens is 2. The Labute approximate surface area is 301 Å². The van der Waals surface area contributed by atoms with Crippen LogP contribution in [0.4, 0.5) is 0 Å². The Morgan fingerprint density at radius 3 is 2.29 bits per heavy atom. The van der Waals surface area contributed by atoms with Gasteiger partial charge in [-0.3, -0.25) is 9.59 Å². The van der Waals surface area contributed by atoms with Crippen molar-refractivity contribution in [3.05, 3.63) is 92.7 Å². The molecule has 2 unspecified atom stereocenters. The summed E-state index contributed by atoms with van der Waals surface area (Å²) in [4.78, 5) is 44.0. The number of carbonyl (C=O) groups excluding carboxylic acids is 2. The number of rotatable bonds is 14. The molecule has 1 saturated carbocycles. The fourth-order valence-electron chi connectivity index (χ4n) is 7.90. The van der Waals surface area contributed by atoms with Crippen LogP contribution in [0.3, 0.4) is 0 Å². The minimum atomic E-state index is -0.986. The lowest BCUT2D eigenvalue weighted by Gasteiger charge is -2.39. The van der Waals surface area contributed by atoms with Crippen molar-refractivity contribution in [3.8, 4) is 6.07 Å². The zero-order valence-corrected chi connectivity index (χ0v) is 30.7. The summed E-state index contributed by atoms with van der Waals surface area (Å²) in [6, 6.07) is 13.5. The van der Waals surface area contributed by atoms with E-state index < -0.39 is 17.2 Å². The molecule has 51 heavy (non-hydrogen) atoms. The Morgan fingerprint density at radius 1 is 1.04 bits per heavy atom. The van der Waals surface area contributed by atoms with E-state index in [-0.39, 0.29) is 30.4 Å². The molecular formula is C40H53N7O4. The number of hydrogen-bond acceptors (Lipinski definition) is 8. The van der Waals surface area contributed by atoms with Crippen molar-refractivity contribution in [2.24, 2.45) is 5.92 Å². The smallest absolute Gasteiger partial charge is 0.388 e. The van der Waals surface area contributed by atoms with E-state index in [0.717, 1.165) is 72.0 Å². The summed E-state index contributed by atoms with van der Waals surface area (Å²) < 4.78 is 7.76. The maximum absolute atomic E-state index is 13.3. The number of hydrogen-bond donors (Lipinski definition) is 4. The van der Waals surface area contributed by atoms with E-state index in [9.17, 15) is 19.6 Å². The summed E-state index contributed by atoms with van der Waals surface area (Å²) in [5.74, 6) is -0.223. The molecule has 2 amide bonds. The van der Waals surface area contributed by atoms with E-state index in [1.54, 1.807) is 11.8 Å². The van der Waals surface area contributed by atoms with Crippen LogP contribution in [0.25, 0.3) is 5.70 Å². The van der Waals surface area contributed by atoms with Crippen LogP contribution in [-0.4, -0.2) is 54.3 Å². The van der Waals surface area contributed by atoms with Gasteiger partial charge in [-0.2, -0.15) is 15.0 Å². The third kappa shape index (κ3) is 8.12. The number of benzene rings is 2. The molecule has 4 N–H and O–H groups in total. The van der Waals surface area contributed by atoms with Crippen molar-refractivity contribution in [2.45, 2.75) is 109 Å². The molecule has 2 aliphatic carbocycles. The van der Waals surface area contributed by atoms with Gasteiger partial charge < -0.3 is 25.8 Å². The lowest BCUT2D eigenvalue weighted by Crippen LogP contribution is -2.46. The van der Waals surface area contributed by atoms with Crippen molar-refractivity contribution in [2.75, 3.05) is 20.6 Å². The lowest BCUT2D eigenvalue weighted by molar-refractivity contribution is -0.120. The van der Waals surface area contributed by atoms with Crippen LogP contribution in [0, 0.1) is 17.2 Å². The zero-order chi connectivity index (χ0) is 36.7. The topological polar surface area (TPSA) is 154 Å². The Morgan fingerprint density at radius 2 is 1.69 bits per heavy atom. The van der Waals surface area contributed by atoms with Crippen LogP contribution < -0.4 is 27.0 Å². The van der Waals surface area contributed by atoms with E-state index in [1.807, 2.05) is 38.2 Å². The molecule has 0 saturated heterocycles.